The summed E-state index contributed by atoms with van der Waals surface area (Å²) in [5, 5.41) is 4.01. The van der Waals surface area contributed by atoms with Gasteiger partial charge in [0.1, 0.15) is 0 Å². The monoisotopic (exact) mass is 306 g/mol. The summed E-state index contributed by atoms with van der Waals surface area (Å²) in [4.78, 5) is 13.9. The predicted molar refractivity (Wildman–Crippen MR) is 88.1 cm³/mol. The van der Waals surface area contributed by atoms with Gasteiger partial charge in [-0.25, -0.2) is 0 Å². The molecule has 0 saturated carbocycles. The number of carbonyl (C=O) groups is 1. The number of halogens is 1. The van der Waals surface area contributed by atoms with Gasteiger partial charge in [0.25, 0.3) is 0 Å². The molecule has 1 aromatic rings. The van der Waals surface area contributed by atoms with E-state index in [2.05, 4.69) is 11.2 Å². The molecule has 3 nitrogen and oxygen atoms in total. The van der Waals surface area contributed by atoms with E-state index in [1.165, 1.54) is 0 Å². The van der Waals surface area contributed by atoms with Gasteiger partial charge in [-0.2, -0.15) is 0 Å². The summed E-state index contributed by atoms with van der Waals surface area (Å²) in [5.41, 5.74) is 1.03. The number of terminal acetylenes is 1. The summed E-state index contributed by atoms with van der Waals surface area (Å²) in [6, 6.07) is 7.88. The molecule has 0 spiro atoms. The average Bonchev–Trinajstić information content (AvgIpc) is 2.38. The third-order valence-corrected chi connectivity index (χ3v) is 3.44. The number of carbonyl (C=O) groups excluding carboxylic acids is 1. The lowest BCUT2D eigenvalue weighted by molar-refractivity contribution is -0.130. The highest BCUT2D eigenvalue weighted by Crippen LogP contribution is 2.12. The fraction of sp³-hybridized carbons (Fsp3) is 0.471. The Labute approximate surface area is 132 Å². The molecule has 4 heteroatoms. The molecule has 0 unspecified atom stereocenters. The van der Waals surface area contributed by atoms with E-state index >= 15 is 0 Å². The standard InChI is InChI=1S/C17H23ClN2O/c1-5-7-13(2)19-14(3)10-17(21)20(4)12-15-8-6-9-16(18)11-15/h1,6,8-9,11,13-14,19H,7,10,12H2,2-4H3/t13-,14+/m1/s1. The summed E-state index contributed by atoms with van der Waals surface area (Å²) in [5.74, 6) is 2.72. The van der Waals surface area contributed by atoms with Gasteiger partial charge in [0.2, 0.25) is 5.91 Å². The lowest BCUT2D eigenvalue weighted by atomic mass is 10.1. The molecule has 0 fully saturated rings. The Kier molecular flexibility index (Phi) is 7.28. The van der Waals surface area contributed by atoms with Crippen molar-refractivity contribution in [1.82, 2.24) is 10.2 Å². The topological polar surface area (TPSA) is 32.3 Å². The van der Waals surface area contributed by atoms with Crippen LogP contribution in [-0.2, 0) is 11.3 Å². The van der Waals surface area contributed by atoms with Crippen molar-refractivity contribution < 1.29 is 4.79 Å². The first-order chi connectivity index (χ1) is 9.92. The van der Waals surface area contributed by atoms with Crippen molar-refractivity contribution in [3.05, 3.63) is 34.9 Å². The number of amides is 1. The Morgan fingerprint density at radius 2 is 2.14 bits per heavy atom. The molecule has 1 rings (SSSR count). The van der Waals surface area contributed by atoms with Crippen LogP contribution in [0.15, 0.2) is 24.3 Å². The molecular formula is C17H23ClN2O. The minimum absolute atomic E-state index is 0.0997. The maximum Gasteiger partial charge on any atom is 0.224 e. The first-order valence-corrected chi connectivity index (χ1v) is 7.48. The van der Waals surface area contributed by atoms with Crippen molar-refractivity contribution in [2.75, 3.05) is 7.05 Å². The Bertz CT molecular complexity index is 510. The molecule has 0 saturated heterocycles. The van der Waals surface area contributed by atoms with E-state index in [4.69, 9.17) is 18.0 Å². The summed E-state index contributed by atoms with van der Waals surface area (Å²) < 4.78 is 0. The number of hydrogen-bond donors (Lipinski definition) is 1. The maximum absolute atomic E-state index is 12.2. The zero-order valence-corrected chi connectivity index (χ0v) is 13.7. The van der Waals surface area contributed by atoms with Gasteiger partial charge >= 0.3 is 0 Å². The largest absolute Gasteiger partial charge is 0.341 e. The van der Waals surface area contributed by atoms with Crippen LogP contribution in [0.1, 0.15) is 32.3 Å². The zero-order valence-electron chi connectivity index (χ0n) is 12.9. The van der Waals surface area contributed by atoms with E-state index in [0.29, 0.717) is 24.4 Å². The molecule has 0 aliphatic carbocycles. The fourth-order valence-corrected chi connectivity index (χ4v) is 2.41. The first-order valence-electron chi connectivity index (χ1n) is 7.10. The van der Waals surface area contributed by atoms with Crippen LogP contribution >= 0.6 is 11.6 Å². The van der Waals surface area contributed by atoms with Crippen LogP contribution in [0, 0.1) is 12.3 Å². The van der Waals surface area contributed by atoms with Gasteiger partial charge in [0.05, 0.1) is 0 Å². The van der Waals surface area contributed by atoms with Crippen LogP contribution in [0.2, 0.25) is 5.02 Å². The van der Waals surface area contributed by atoms with E-state index in [1.54, 1.807) is 11.9 Å². The van der Waals surface area contributed by atoms with E-state index in [-0.39, 0.29) is 18.0 Å². The van der Waals surface area contributed by atoms with Crippen molar-refractivity contribution in [2.45, 2.75) is 45.3 Å². The Morgan fingerprint density at radius 1 is 1.43 bits per heavy atom. The molecule has 0 aliphatic rings. The Balaban J connectivity index is 2.46. The summed E-state index contributed by atoms with van der Waals surface area (Å²) >= 11 is 5.95. The van der Waals surface area contributed by atoms with Crippen molar-refractivity contribution >= 4 is 17.5 Å². The third kappa shape index (κ3) is 6.66. The number of benzene rings is 1. The van der Waals surface area contributed by atoms with Crippen molar-refractivity contribution in [3.63, 3.8) is 0 Å². The molecule has 0 aromatic heterocycles. The lowest BCUT2D eigenvalue weighted by Crippen LogP contribution is -2.38. The second-order valence-electron chi connectivity index (χ2n) is 5.46. The van der Waals surface area contributed by atoms with Gasteiger partial charge in [-0.15, -0.1) is 12.3 Å². The predicted octanol–water partition coefficient (Wildman–Crippen LogP) is 3.08. The number of rotatable bonds is 7. The molecule has 1 aromatic carbocycles. The third-order valence-electron chi connectivity index (χ3n) is 3.21. The lowest BCUT2D eigenvalue weighted by Gasteiger charge is -2.22. The highest BCUT2D eigenvalue weighted by molar-refractivity contribution is 6.30. The molecule has 1 N–H and O–H groups in total. The van der Waals surface area contributed by atoms with Crippen LogP contribution in [0.5, 0.6) is 0 Å². The minimum atomic E-state index is 0.0997. The summed E-state index contributed by atoms with van der Waals surface area (Å²) in [7, 11) is 1.81. The number of hydrogen-bond acceptors (Lipinski definition) is 2. The van der Waals surface area contributed by atoms with Crippen LogP contribution in [-0.4, -0.2) is 29.9 Å². The molecule has 0 aliphatic heterocycles. The Hall–Kier alpha value is -1.50. The highest BCUT2D eigenvalue weighted by Gasteiger charge is 2.15. The quantitative estimate of drug-likeness (QED) is 0.785. The SMILES string of the molecule is C#CC[C@@H](C)N[C@@H](C)CC(=O)N(C)Cc1cccc(Cl)c1. The molecule has 0 heterocycles. The average molecular weight is 307 g/mol. The normalized spacial score (nSPS) is 13.3. The minimum Gasteiger partial charge on any atom is -0.341 e. The van der Waals surface area contributed by atoms with Crippen LogP contribution in [0.4, 0.5) is 0 Å². The maximum atomic E-state index is 12.2. The van der Waals surface area contributed by atoms with Gasteiger partial charge in [0.15, 0.2) is 0 Å². The number of nitrogens with one attached hydrogen (secondary N) is 1. The van der Waals surface area contributed by atoms with Gasteiger partial charge in [-0.3, -0.25) is 4.79 Å². The van der Waals surface area contributed by atoms with E-state index < -0.39 is 0 Å². The van der Waals surface area contributed by atoms with Gasteiger partial charge in [-0.1, -0.05) is 23.7 Å². The second-order valence-corrected chi connectivity index (χ2v) is 5.90. The zero-order chi connectivity index (χ0) is 15.8. The smallest absolute Gasteiger partial charge is 0.224 e. The van der Waals surface area contributed by atoms with Gasteiger partial charge in [-0.05, 0) is 31.5 Å². The second kappa shape index (κ2) is 8.71. The van der Waals surface area contributed by atoms with E-state index in [0.717, 1.165) is 5.56 Å². The molecule has 0 radical (unpaired) electrons. The highest BCUT2D eigenvalue weighted by atomic mass is 35.5. The fourth-order valence-electron chi connectivity index (χ4n) is 2.20. The number of nitrogens with zero attached hydrogens (tertiary/aromatic N) is 1. The van der Waals surface area contributed by atoms with E-state index in [1.807, 2.05) is 38.1 Å². The Morgan fingerprint density at radius 3 is 2.76 bits per heavy atom. The van der Waals surface area contributed by atoms with Crippen molar-refractivity contribution in [1.29, 1.82) is 0 Å². The molecule has 0 bridgehead atoms. The van der Waals surface area contributed by atoms with Crippen LogP contribution in [0.3, 0.4) is 0 Å². The molecule has 114 valence electrons. The van der Waals surface area contributed by atoms with Crippen LogP contribution < -0.4 is 5.32 Å². The van der Waals surface area contributed by atoms with E-state index in [9.17, 15) is 4.79 Å². The van der Waals surface area contributed by atoms with Gasteiger partial charge in [0, 0.05) is 43.5 Å². The van der Waals surface area contributed by atoms with Crippen molar-refractivity contribution in [2.24, 2.45) is 0 Å². The van der Waals surface area contributed by atoms with Crippen LogP contribution in [0.25, 0.3) is 0 Å². The molecular weight excluding hydrogens is 284 g/mol. The summed E-state index contributed by atoms with van der Waals surface area (Å²) in [6.07, 6.45) is 6.39. The van der Waals surface area contributed by atoms with Crippen molar-refractivity contribution in [3.8, 4) is 12.3 Å². The first kappa shape index (κ1) is 17.6. The molecule has 21 heavy (non-hydrogen) atoms. The molecule has 1 amide bonds. The molecule has 2 atom stereocenters. The summed E-state index contributed by atoms with van der Waals surface area (Å²) in [6.45, 7) is 4.58. The van der Waals surface area contributed by atoms with Gasteiger partial charge < -0.3 is 10.2 Å².